The molecule has 1 amide bonds. The second-order valence-corrected chi connectivity index (χ2v) is 4.03. The number of carboxylic acid groups (broad SMARTS) is 1. The largest absolute Gasteiger partial charge is 0.480 e. The first-order valence-corrected chi connectivity index (χ1v) is 5.60. The van der Waals surface area contributed by atoms with Gasteiger partial charge in [-0.1, -0.05) is 36.8 Å². The number of benzene rings is 1. The maximum Gasteiger partial charge on any atom is 0.326 e. The summed E-state index contributed by atoms with van der Waals surface area (Å²) in [5.74, 6) is -1.25. The van der Waals surface area contributed by atoms with Crippen LogP contribution in [0.3, 0.4) is 0 Å². The van der Waals surface area contributed by atoms with Crippen LogP contribution in [0.5, 0.6) is 0 Å². The molecule has 0 aliphatic rings. The van der Waals surface area contributed by atoms with Crippen LogP contribution in [0.25, 0.3) is 0 Å². The molecule has 92 valence electrons. The third kappa shape index (κ3) is 4.26. The van der Waals surface area contributed by atoms with Crippen molar-refractivity contribution in [3.8, 4) is 0 Å². The van der Waals surface area contributed by atoms with Gasteiger partial charge in [-0.3, -0.25) is 4.79 Å². The summed E-state index contributed by atoms with van der Waals surface area (Å²) in [7, 11) is 0. The minimum absolute atomic E-state index is 0.214. The molecule has 0 bridgehead atoms. The standard InChI is InChI=1S/C13H17NO3/c1-3-11(13(16)17)14-12(15)8-10-6-4-5-9(2)7-10/h4-7,11H,3,8H2,1-2H3,(H,14,15)(H,16,17)/t11-/m1/s1. The number of carboxylic acids is 1. The van der Waals surface area contributed by atoms with Crippen LogP contribution in [0.1, 0.15) is 24.5 Å². The van der Waals surface area contributed by atoms with E-state index >= 15 is 0 Å². The van der Waals surface area contributed by atoms with Crippen LogP contribution in [0, 0.1) is 6.92 Å². The Morgan fingerprint density at radius 3 is 2.65 bits per heavy atom. The van der Waals surface area contributed by atoms with Gasteiger partial charge in [-0.15, -0.1) is 0 Å². The van der Waals surface area contributed by atoms with E-state index in [1.165, 1.54) is 0 Å². The second-order valence-electron chi connectivity index (χ2n) is 4.03. The van der Waals surface area contributed by atoms with Gasteiger partial charge in [0.1, 0.15) is 6.04 Å². The van der Waals surface area contributed by atoms with E-state index in [4.69, 9.17) is 5.11 Å². The molecule has 1 aromatic carbocycles. The number of amides is 1. The monoisotopic (exact) mass is 235 g/mol. The van der Waals surface area contributed by atoms with Gasteiger partial charge >= 0.3 is 5.97 Å². The number of rotatable bonds is 5. The lowest BCUT2D eigenvalue weighted by Gasteiger charge is -2.12. The highest BCUT2D eigenvalue weighted by Gasteiger charge is 2.17. The first kappa shape index (κ1) is 13.2. The fourth-order valence-corrected chi connectivity index (χ4v) is 1.59. The zero-order valence-electron chi connectivity index (χ0n) is 10.1. The lowest BCUT2D eigenvalue weighted by atomic mass is 10.1. The topological polar surface area (TPSA) is 66.4 Å². The van der Waals surface area contributed by atoms with Gasteiger partial charge in [0.25, 0.3) is 0 Å². The van der Waals surface area contributed by atoms with E-state index in [0.29, 0.717) is 6.42 Å². The number of carbonyl (C=O) groups is 2. The molecule has 1 aromatic rings. The highest BCUT2D eigenvalue weighted by Crippen LogP contribution is 2.05. The molecule has 2 N–H and O–H groups in total. The molecule has 0 radical (unpaired) electrons. The van der Waals surface area contributed by atoms with Crippen LogP contribution in [0.2, 0.25) is 0 Å². The summed E-state index contributed by atoms with van der Waals surface area (Å²) < 4.78 is 0. The quantitative estimate of drug-likeness (QED) is 0.813. The number of hydrogen-bond acceptors (Lipinski definition) is 2. The fraction of sp³-hybridized carbons (Fsp3) is 0.385. The molecule has 1 rings (SSSR count). The van der Waals surface area contributed by atoms with E-state index in [1.54, 1.807) is 6.92 Å². The molecule has 0 saturated carbocycles. The maximum atomic E-state index is 11.6. The molecule has 0 fully saturated rings. The predicted molar refractivity (Wildman–Crippen MR) is 64.7 cm³/mol. The van der Waals surface area contributed by atoms with E-state index in [-0.39, 0.29) is 12.3 Å². The van der Waals surface area contributed by atoms with Gasteiger partial charge in [-0.05, 0) is 18.9 Å². The minimum atomic E-state index is -0.995. The van der Waals surface area contributed by atoms with Crippen LogP contribution in [0.4, 0.5) is 0 Å². The molecular weight excluding hydrogens is 218 g/mol. The summed E-state index contributed by atoms with van der Waals surface area (Å²) in [5.41, 5.74) is 1.98. The summed E-state index contributed by atoms with van der Waals surface area (Å²) >= 11 is 0. The highest BCUT2D eigenvalue weighted by atomic mass is 16.4. The third-order valence-corrected chi connectivity index (χ3v) is 2.49. The van der Waals surface area contributed by atoms with Crippen molar-refractivity contribution in [1.82, 2.24) is 5.32 Å². The van der Waals surface area contributed by atoms with Gasteiger partial charge in [0.05, 0.1) is 6.42 Å². The molecular formula is C13H17NO3. The predicted octanol–water partition coefficient (Wildman–Crippen LogP) is 1.52. The Morgan fingerprint density at radius 1 is 1.41 bits per heavy atom. The number of aliphatic carboxylic acids is 1. The van der Waals surface area contributed by atoms with E-state index in [2.05, 4.69) is 5.32 Å². The normalized spacial score (nSPS) is 11.9. The van der Waals surface area contributed by atoms with Crippen LogP contribution in [-0.4, -0.2) is 23.0 Å². The first-order valence-electron chi connectivity index (χ1n) is 5.60. The number of carbonyl (C=O) groups excluding carboxylic acids is 1. The van der Waals surface area contributed by atoms with Crippen molar-refractivity contribution < 1.29 is 14.7 Å². The van der Waals surface area contributed by atoms with Gasteiger partial charge in [0.15, 0.2) is 0 Å². The van der Waals surface area contributed by atoms with Gasteiger partial charge < -0.3 is 10.4 Å². The van der Waals surface area contributed by atoms with E-state index in [9.17, 15) is 9.59 Å². The van der Waals surface area contributed by atoms with Crippen molar-refractivity contribution in [2.45, 2.75) is 32.7 Å². The van der Waals surface area contributed by atoms with Gasteiger partial charge in [0, 0.05) is 0 Å². The number of nitrogens with one attached hydrogen (secondary N) is 1. The Bertz CT molecular complexity index is 415. The summed E-state index contributed by atoms with van der Waals surface area (Å²) in [5, 5.41) is 11.3. The summed E-state index contributed by atoms with van der Waals surface area (Å²) in [6, 6.07) is 6.81. The molecule has 0 aliphatic carbocycles. The van der Waals surface area contributed by atoms with Crippen molar-refractivity contribution in [1.29, 1.82) is 0 Å². The summed E-state index contributed by atoms with van der Waals surface area (Å²) in [6.07, 6.45) is 0.598. The zero-order valence-corrected chi connectivity index (χ0v) is 10.1. The molecule has 0 spiro atoms. The molecule has 4 nitrogen and oxygen atoms in total. The molecule has 4 heteroatoms. The van der Waals surface area contributed by atoms with Crippen molar-refractivity contribution in [3.05, 3.63) is 35.4 Å². The van der Waals surface area contributed by atoms with Gasteiger partial charge in [-0.25, -0.2) is 4.79 Å². The molecule has 1 atom stereocenters. The maximum absolute atomic E-state index is 11.6. The van der Waals surface area contributed by atoms with Crippen LogP contribution in [-0.2, 0) is 16.0 Å². The Hall–Kier alpha value is -1.84. The van der Waals surface area contributed by atoms with Crippen molar-refractivity contribution in [2.75, 3.05) is 0 Å². The van der Waals surface area contributed by atoms with E-state index < -0.39 is 12.0 Å². The fourth-order valence-electron chi connectivity index (χ4n) is 1.59. The lowest BCUT2D eigenvalue weighted by molar-refractivity contribution is -0.141. The third-order valence-electron chi connectivity index (χ3n) is 2.49. The molecule has 0 aliphatic heterocycles. The van der Waals surface area contributed by atoms with E-state index in [1.807, 2.05) is 31.2 Å². The average Bonchev–Trinajstić information content (AvgIpc) is 2.25. The lowest BCUT2D eigenvalue weighted by Crippen LogP contribution is -2.40. The van der Waals surface area contributed by atoms with Crippen molar-refractivity contribution >= 4 is 11.9 Å². The summed E-state index contributed by atoms with van der Waals surface area (Å²) in [6.45, 7) is 3.68. The Labute approximate surface area is 101 Å². The van der Waals surface area contributed by atoms with Crippen molar-refractivity contribution in [2.24, 2.45) is 0 Å². The van der Waals surface area contributed by atoms with Crippen LogP contribution < -0.4 is 5.32 Å². The van der Waals surface area contributed by atoms with Crippen LogP contribution in [0.15, 0.2) is 24.3 Å². The number of aryl methyl sites for hydroxylation is 1. The average molecular weight is 235 g/mol. The highest BCUT2D eigenvalue weighted by molar-refractivity contribution is 5.84. The second kappa shape index (κ2) is 6.03. The SMILES string of the molecule is CC[C@@H](NC(=O)Cc1cccc(C)c1)C(=O)O. The van der Waals surface area contributed by atoms with Gasteiger partial charge in [0.2, 0.25) is 5.91 Å². The van der Waals surface area contributed by atoms with Crippen molar-refractivity contribution in [3.63, 3.8) is 0 Å². The molecule has 0 unspecified atom stereocenters. The van der Waals surface area contributed by atoms with Gasteiger partial charge in [-0.2, -0.15) is 0 Å². The Balaban J connectivity index is 2.58. The molecule has 0 heterocycles. The molecule has 0 saturated heterocycles. The van der Waals surface area contributed by atoms with E-state index in [0.717, 1.165) is 11.1 Å². The first-order chi connectivity index (χ1) is 8.02. The Kier molecular flexibility index (Phi) is 4.69. The number of hydrogen-bond donors (Lipinski definition) is 2. The Morgan fingerprint density at radius 2 is 2.12 bits per heavy atom. The zero-order chi connectivity index (χ0) is 12.8. The molecule has 0 aromatic heterocycles. The molecule has 17 heavy (non-hydrogen) atoms. The summed E-state index contributed by atoms with van der Waals surface area (Å²) in [4.78, 5) is 22.4. The van der Waals surface area contributed by atoms with Crippen LogP contribution >= 0.6 is 0 Å². The smallest absolute Gasteiger partial charge is 0.326 e. The minimum Gasteiger partial charge on any atom is -0.480 e.